The van der Waals surface area contributed by atoms with Crippen LogP contribution in [0.3, 0.4) is 0 Å². The molecule has 3 aromatic rings. The van der Waals surface area contributed by atoms with Crippen molar-refractivity contribution in [3.05, 3.63) is 87.9 Å². The first-order chi connectivity index (χ1) is 16.2. The largest absolute Gasteiger partial charge is 0.329 e. The van der Waals surface area contributed by atoms with Crippen molar-refractivity contribution in [1.29, 1.82) is 0 Å². The Hall–Kier alpha value is -4.13. The number of rotatable bonds is 5. The fourth-order valence-electron chi connectivity index (χ4n) is 4.37. The van der Waals surface area contributed by atoms with Crippen molar-refractivity contribution in [3.63, 3.8) is 0 Å². The van der Waals surface area contributed by atoms with E-state index in [1.54, 1.807) is 12.1 Å². The van der Waals surface area contributed by atoms with Gasteiger partial charge in [-0.2, -0.15) is 0 Å². The summed E-state index contributed by atoms with van der Waals surface area (Å²) in [5, 5.41) is 5.34. The van der Waals surface area contributed by atoms with Crippen molar-refractivity contribution in [2.45, 2.75) is 34.6 Å². The molecule has 0 bridgehead atoms. The van der Waals surface area contributed by atoms with Crippen molar-refractivity contribution in [3.8, 4) is 5.69 Å². The Morgan fingerprint density at radius 1 is 0.971 bits per heavy atom. The van der Waals surface area contributed by atoms with Crippen LogP contribution in [0.15, 0.2) is 54.2 Å². The van der Waals surface area contributed by atoms with Gasteiger partial charge >= 0.3 is 6.03 Å². The first-order valence-corrected chi connectivity index (χ1v) is 11.1. The lowest BCUT2D eigenvalue weighted by Crippen LogP contribution is -2.38. The van der Waals surface area contributed by atoms with E-state index >= 15 is 0 Å². The number of hydrogen-bond acceptors (Lipinski definition) is 3. The van der Waals surface area contributed by atoms with Crippen LogP contribution in [-0.2, 0) is 9.59 Å². The van der Waals surface area contributed by atoms with Gasteiger partial charge in [-0.25, -0.2) is 9.69 Å². The van der Waals surface area contributed by atoms with Crippen LogP contribution >= 0.6 is 0 Å². The average molecular weight is 457 g/mol. The van der Waals surface area contributed by atoms with Crippen LogP contribution in [0.4, 0.5) is 10.5 Å². The smallest absolute Gasteiger partial charge is 0.325 e. The van der Waals surface area contributed by atoms with Gasteiger partial charge in [0.25, 0.3) is 5.91 Å². The monoisotopic (exact) mass is 456 g/mol. The van der Waals surface area contributed by atoms with Gasteiger partial charge in [-0.1, -0.05) is 30.3 Å². The summed E-state index contributed by atoms with van der Waals surface area (Å²) in [6, 6.07) is 14.9. The first-order valence-electron chi connectivity index (χ1n) is 11.1. The van der Waals surface area contributed by atoms with E-state index in [0.29, 0.717) is 5.69 Å². The van der Waals surface area contributed by atoms with Crippen molar-refractivity contribution in [2.24, 2.45) is 0 Å². The Morgan fingerprint density at radius 2 is 1.65 bits per heavy atom. The number of urea groups is 1. The Bertz CT molecular complexity index is 1330. The van der Waals surface area contributed by atoms with E-state index < -0.39 is 17.8 Å². The molecule has 1 aliphatic heterocycles. The number of aromatic nitrogens is 1. The van der Waals surface area contributed by atoms with E-state index in [2.05, 4.69) is 41.2 Å². The Kier molecular flexibility index (Phi) is 6.11. The molecule has 4 rings (SSSR count). The molecular weight excluding hydrogens is 428 g/mol. The maximum absolute atomic E-state index is 12.9. The molecular formula is C27H28N4O3. The van der Waals surface area contributed by atoms with Gasteiger partial charge in [-0.05, 0) is 81.1 Å². The molecule has 1 aliphatic rings. The third-order valence-corrected chi connectivity index (χ3v) is 6.00. The topological polar surface area (TPSA) is 83.4 Å². The maximum atomic E-state index is 12.9. The summed E-state index contributed by atoms with van der Waals surface area (Å²) in [7, 11) is 0. The molecule has 2 N–H and O–H groups in total. The van der Waals surface area contributed by atoms with Crippen LogP contribution in [0.25, 0.3) is 11.8 Å². The fourth-order valence-corrected chi connectivity index (χ4v) is 4.37. The number of para-hydroxylation sites is 1. The number of nitrogens with zero attached hydrogens (tertiary/aromatic N) is 2. The second-order valence-corrected chi connectivity index (χ2v) is 8.70. The number of nitrogens with one attached hydrogen (secondary N) is 2. The molecule has 0 saturated carbocycles. The quantitative estimate of drug-likeness (QED) is 0.436. The molecule has 0 aliphatic carbocycles. The normalized spacial score (nSPS) is 14.6. The van der Waals surface area contributed by atoms with Crippen molar-refractivity contribution in [2.75, 3.05) is 11.9 Å². The molecule has 1 saturated heterocycles. The number of carbonyl (C=O) groups excluding carboxylic acids is 3. The van der Waals surface area contributed by atoms with Crippen LogP contribution in [0, 0.1) is 34.6 Å². The summed E-state index contributed by atoms with van der Waals surface area (Å²) in [5.74, 6) is -0.968. The number of imide groups is 1. The number of anilines is 1. The highest BCUT2D eigenvalue weighted by Crippen LogP contribution is 2.27. The third kappa shape index (κ3) is 4.37. The number of amides is 4. The highest BCUT2D eigenvalue weighted by Gasteiger charge is 2.35. The molecule has 1 fully saturated rings. The zero-order chi connectivity index (χ0) is 24.6. The predicted octanol–water partition coefficient (Wildman–Crippen LogP) is 4.55. The van der Waals surface area contributed by atoms with Crippen LogP contribution in [0.5, 0.6) is 0 Å². The molecule has 0 radical (unpaired) electrons. The summed E-state index contributed by atoms with van der Waals surface area (Å²) in [5.41, 5.74) is 7.98. The van der Waals surface area contributed by atoms with E-state index in [1.165, 1.54) is 0 Å². The van der Waals surface area contributed by atoms with Crippen molar-refractivity contribution >= 4 is 29.6 Å². The summed E-state index contributed by atoms with van der Waals surface area (Å²) in [6.45, 7) is 9.69. The second-order valence-electron chi connectivity index (χ2n) is 8.70. The molecule has 34 heavy (non-hydrogen) atoms. The molecule has 174 valence electrons. The lowest BCUT2D eigenvalue weighted by atomic mass is 10.1. The number of carbonyl (C=O) groups is 3. The van der Waals surface area contributed by atoms with E-state index in [-0.39, 0.29) is 12.2 Å². The van der Waals surface area contributed by atoms with E-state index in [4.69, 9.17) is 0 Å². The van der Waals surface area contributed by atoms with E-state index in [0.717, 1.165) is 44.2 Å². The van der Waals surface area contributed by atoms with Gasteiger partial charge in [0.1, 0.15) is 12.2 Å². The Morgan fingerprint density at radius 3 is 2.32 bits per heavy atom. The lowest BCUT2D eigenvalue weighted by Gasteiger charge is -2.15. The lowest BCUT2D eigenvalue weighted by molar-refractivity contribution is -0.127. The number of benzene rings is 2. The maximum Gasteiger partial charge on any atom is 0.329 e. The zero-order valence-corrected chi connectivity index (χ0v) is 20.0. The van der Waals surface area contributed by atoms with Gasteiger partial charge in [-0.15, -0.1) is 0 Å². The molecule has 7 nitrogen and oxygen atoms in total. The van der Waals surface area contributed by atoms with E-state index in [9.17, 15) is 14.4 Å². The minimum absolute atomic E-state index is 0.148. The minimum atomic E-state index is -0.612. The molecule has 0 unspecified atom stereocenters. The highest BCUT2D eigenvalue weighted by molar-refractivity contribution is 6.16. The number of hydrogen-bond donors (Lipinski definition) is 2. The van der Waals surface area contributed by atoms with Crippen LogP contribution in [0.1, 0.15) is 33.6 Å². The van der Waals surface area contributed by atoms with E-state index in [1.807, 2.05) is 51.1 Å². The molecule has 7 heteroatoms. The van der Waals surface area contributed by atoms with Crippen molar-refractivity contribution in [1.82, 2.24) is 14.8 Å². The van der Waals surface area contributed by atoms with Crippen LogP contribution in [0.2, 0.25) is 0 Å². The van der Waals surface area contributed by atoms with Gasteiger partial charge in [-0.3, -0.25) is 9.59 Å². The predicted molar refractivity (Wildman–Crippen MR) is 133 cm³/mol. The standard InChI is InChI=1S/C27H28N4O3/c1-16-8-6-11-22(12-16)28-24(32)15-30-26(33)23(29-27(30)34)14-21-13-19(4)31(20(21)5)25-17(2)9-7-10-18(25)3/h6-14H,15H2,1-5H3,(H,28,32)(H,29,34)/b23-14+. The second kappa shape index (κ2) is 9.02. The van der Waals surface area contributed by atoms with Gasteiger partial charge in [0, 0.05) is 17.1 Å². The van der Waals surface area contributed by atoms with Gasteiger partial charge in [0.2, 0.25) is 5.91 Å². The molecule has 0 atom stereocenters. The molecule has 2 heterocycles. The van der Waals surface area contributed by atoms with Crippen LogP contribution < -0.4 is 10.6 Å². The summed E-state index contributed by atoms with van der Waals surface area (Å²) >= 11 is 0. The molecule has 2 aromatic carbocycles. The van der Waals surface area contributed by atoms with Crippen molar-refractivity contribution < 1.29 is 14.4 Å². The van der Waals surface area contributed by atoms with Gasteiger partial charge < -0.3 is 15.2 Å². The summed E-state index contributed by atoms with van der Waals surface area (Å²) in [4.78, 5) is 38.8. The van der Waals surface area contributed by atoms with Gasteiger partial charge in [0.15, 0.2) is 0 Å². The highest BCUT2D eigenvalue weighted by atomic mass is 16.2. The van der Waals surface area contributed by atoms with Crippen LogP contribution in [-0.4, -0.2) is 33.9 Å². The third-order valence-electron chi connectivity index (χ3n) is 6.00. The Balaban J connectivity index is 1.56. The molecule has 1 aromatic heterocycles. The first kappa shape index (κ1) is 23.0. The fraction of sp³-hybridized carbons (Fsp3) is 0.222. The zero-order valence-electron chi connectivity index (χ0n) is 20.0. The molecule has 4 amide bonds. The Labute approximate surface area is 199 Å². The summed E-state index contributed by atoms with van der Waals surface area (Å²) in [6.07, 6.45) is 1.67. The molecule has 0 spiro atoms. The summed E-state index contributed by atoms with van der Waals surface area (Å²) < 4.78 is 2.16. The average Bonchev–Trinajstić information content (AvgIpc) is 3.18. The van der Waals surface area contributed by atoms with Gasteiger partial charge in [0.05, 0.1) is 5.69 Å². The minimum Gasteiger partial charge on any atom is -0.325 e. The number of aryl methyl sites for hydroxylation is 4. The SMILES string of the molecule is Cc1cccc(NC(=O)CN2C(=O)N/C(=C/c3cc(C)n(-c4c(C)cccc4C)c3C)C2=O)c1.